The fourth-order valence-electron chi connectivity index (χ4n) is 0.575. The minimum Gasteiger partial charge on any atom is -0.0900 e. The molecule has 0 amide bonds. The molecule has 0 bridgehead atoms. The first-order valence-corrected chi connectivity index (χ1v) is 7.54. The third-order valence-electron chi connectivity index (χ3n) is 0.722. The van der Waals surface area contributed by atoms with E-state index < -0.39 is 8.07 Å². The van der Waals surface area contributed by atoms with E-state index in [1.807, 2.05) is 0 Å². The molecule has 0 saturated carbocycles. The lowest BCUT2D eigenvalue weighted by Gasteiger charge is -2.13. The van der Waals surface area contributed by atoms with Gasteiger partial charge in [0.2, 0.25) is 0 Å². The molecule has 0 aromatic rings. The number of hydrogen-bond donors (Lipinski definition) is 0. The van der Waals surface area contributed by atoms with Crippen LogP contribution in [0.2, 0.25) is 25.7 Å². The minimum absolute atomic E-state index is 0.827. The monoisotopic (exact) mass is 240 g/mol. The van der Waals surface area contributed by atoms with Crippen LogP contribution in [-0.4, -0.2) is 8.07 Å². The second-order valence-electron chi connectivity index (χ2n) is 3.25. The predicted molar refractivity (Wildman–Crippen MR) is 51.3 cm³/mol. The van der Waals surface area contributed by atoms with Gasteiger partial charge in [0.05, 0.1) is 0 Å². The van der Waals surface area contributed by atoms with Gasteiger partial charge in [-0.1, -0.05) is 48.8 Å². The Balaban J connectivity index is 3.55. The Hall–Kier alpha value is 0.687. The summed E-state index contributed by atoms with van der Waals surface area (Å²) in [6, 6.07) is 1.26. The molecule has 48 valence electrons. The Morgan fingerprint density at radius 3 is 1.88 bits per heavy atom. The highest BCUT2D eigenvalue weighted by Crippen LogP contribution is 2.18. The van der Waals surface area contributed by atoms with E-state index in [1.165, 1.54) is 9.62 Å². The first kappa shape index (κ1) is 8.69. The standard InChI is InChI=1S/C6H13ISi/c1-6(7)5-8(2,3)4/h1,5H2,2-4H3. The van der Waals surface area contributed by atoms with E-state index in [1.54, 1.807) is 0 Å². The lowest BCUT2D eigenvalue weighted by atomic mass is 10.8. The van der Waals surface area contributed by atoms with Gasteiger partial charge < -0.3 is 0 Å². The van der Waals surface area contributed by atoms with Gasteiger partial charge in [-0.15, -0.1) is 0 Å². The van der Waals surface area contributed by atoms with E-state index in [4.69, 9.17) is 0 Å². The summed E-state index contributed by atoms with van der Waals surface area (Å²) in [6.45, 7) is 10.9. The van der Waals surface area contributed by atoms with E-state index in [0.717, 1.165) is 0 Å². The SMILES string of the molecule is C=C(I)C[Si](C)(C)C. The highest BCUT2D eigenvalue weighted by atomic mass is 127. The van der Waals surface area contributed by atoms with Gasteiger partial charge in [-0.3, -0.25) is 0 Å². The molecule has 0 heterocycles. The van der Waals surface area contributed by atoms with Crippen molar-refractivity contribution in [1.29, 1.82) is 0 Å². The molecule has 0 spiro atoms. The maximum absolute atomic E-state index is 3.86. The van der Waals surface area contributed by atoms with E-state index >= 15 is 0 Å². The second-order valence-corrected chi connectivity index (χ2v) is 10.3. The molecule has 0 nitrogen and oxygen atoms in total. The van der Waals surface area contributed by atoms with E-state index in [0.29, 0.717) is 0 Å². The molecule has 8 heavy (non-hydrogen) atoms. The Morgan fingerprint density at radius 2 is 1.88 bits per heavy atom. The van der Waals surface area contributed by atoms with Crippen molar-refractivity contribution in [2.24, 2.45) is 0 Å². The van der Waals surface area contributed by atoms with Crippen molar-refractivity contribution in [3.63, 3.8) is 0 Å². The van der Waals surface area contributed by atoms with Crippen LogP contribution >= 0.6 is 22.6 Å². The molecular formula is C6H13ISi. The van der Waals surface area contributed by atoms with Crippen LogP contribution in [0.15, 0.2) is 10.2 Å². The first-order valence-electron chi connectivity index (χ1n) is 2.75. The van der Waals surface area contributed by atoms with Gasteiger partial charge in [-0.2, -0.15) is 0 Å². The van der Waals surface area contributed by atoms with Crippen molar-refractivity contribution >= 4 is 30.7 Å². The molecule has 2 heteroatoms. The highest BCUT2D eigenvalue weighted by molar-refractivity contribution is 14.1. The maximum atomic E-state index is 3.86. The summed E-state index contributed by atoms with van der Waals surface area (Å²) in [5, 5.41) is 0. The molecule has 0 fully saturated rings. The van der Waals surface area contributed by atoms with Crippen LogP contribution in [0.1, 0.15) is 0 Å². The molecule has 0 atom stereocenters. The van der Waals surface area contributed by atoms with Crippen molar-refractivity contribution in [3.05, 3.63) is 10.2 Å². The zero-order valence-electron chi connectivity index (χ0n) is 5.79. The Kier molecular flexibility index (Phi) is 3.27. The van der Waals surface area contributed by atoms with E-state index in [-0.39, 0.29) is 0 Å². The molecule has 0 radical (unpaired) electrons. The summed E-state index contributed by atoms with van der Waals surface area (Å²) >= 11 is 2.31. The summed E-state index contributed by atoms with van der Waals surface area (Å²) in [6.07, 6.45) is 0. The molecule has 0 aliphatic carbocycles. The van der Waals surface area contributed by atoms with Crippen molar-refractivity contribution in [2.45, 2.75) is 25.7 Å². The average molecular weight is 240 g/mol. The Morgan fingerprint density at radius 1 is 1.50 bits per heavy atom. The third-order valence-corrected chi connectivity index (χ3v) is 3.31. The zero-order chi connectivity index (χ0) is 6.78. The molecule has 0 rings (SSSR count). The van der Waals surface area contributed by atoms with Crippen LogP contribution in [0, 0.1) is 0 Å². The maximum Gasteiger partial charge on any atom is 0.0492 e. The average Bonchev–Trinajstić information content (AvgIpc) is 1.21. The highest BCUT2D eigenvalue weighted by Gasteiger charge is 2.12. The molecule has 0 unspecified atom stereocenters. The van der Waals surface area contributed by atoms with Gasteiger partial charge in [0, 0.05) is 8.07 Å². The first-order chi connectivity index (χ1) is 3.42. The summed E-state index contributed by atoms with van der Waals surface area (Å²) in [7, 11) is -0.827. The quantitative estimate of drug-likeness (QED) is 0.513. The number of hydrogen-bond acceptors (Lipinski definition) is 0. The van der Waals surface area contributed by atoms with E-state index in [2.05, 4.69) is 48.8 Å². The van der Waals surface area contributed by atoms with Crippen molar-refractivity contribution in [2.75, 3.05) is 0 Å². The molecule has 0 aromatic heterocycles. The topological polar surface area (TPSA) is 0 Å². The van der Waals surface area contributed by atoms with Gasteiger partial charge in [0.25, 0.3) is 0 Å². The van der Waals surface area contributed by atoms with Crippen LogP contribution < -0.4 is 0 Å². The normalized spacial score (nSPS) is 11.5. The molecule has 0 aliphatic heterocycles. The minimum atomic E-state index is -0.827. The van der Waals surface area contributed by atoms with Gasteiger partial charge in [0.15, 0.2) is 0 Å². The van der Waals surface area contributed by atoms with Gasteiger partial charge in [-0.25, -0.2) is 0 Å². The number of rotatable bonds is 2. The fraction of sp³-hybridized carbons (Fsp3) is 0.667. The summed E-state index contributed by atoms with van der Waals surface area (Å²) in [4.78, 5) is 0. The largest absolute Gasteiger partial charge is 0.0900 e. The van der Waals surface area contributed by atoms with Gasteiger partial charge in [-0.05, 0) is 9.62 Å². The smallest absolute Gasteiger partial charge is 0.0492 e. The molecular weight excluding hydrogens is 227 g/mol. The lowest BCUT2D eigenvalue weighted by molar-refractivity contribution is 1.51. The zero-order valence-corrected chi connectivity index (χ0v) is 8.95. The Bertz CT molecular complexity index is 91.2. The van der Waals surface area contributed by atoms with Crippen molar-refractivity contribution < 1.29 is 0 Å². The van der Waals surface area contributed by atoms with Crippen LogP contribution in [-0.2, 0) is 0 Å². The molecule has 0 N–H and O–H groups in total. The van der Waals surface area contributed by atoms with Crippen molar-refractivity contribution in [3.8, 4) is 0 Å². The Labute approximate surface area is 66.5 Å². The molecule has 0 saturated heterocycles. The van der Waals surface area contributed by atoms with Gasteiger partial charge >= 0.3 is 0 Å². The van der Waals surface area contributed by atoms with Crippen LogP contribution in [0.4, 0.5) is 0 Å². The fourth-order valence-corrected chi connectivity index (χ4v) is 5.16. The van der Waals surface area contributed by atoms with Crippen LogP contribution in [0.3, 0.4) is 0 Å². The third kappa shape index (κ3) is 6.69. The number of halogens is 1. The summed E-state index contributed by atoms with van der Waals surface area (Å²) in [5.41, 5.74) is 0. The second kappa shape index (κ2) is 3.01. The summed E-state index contributed by atoms with van der Waals surface area (Å²) < 4.78 is 1.31. The summed E-state index contributed by atoms with van der Waals surface area (Å²) in [5.74, 6) is 0. The van der Waals surface area contributed by atoms with Crippen molar-refractivity contribution in [1.82, 2.24) is 0 Å². The van der Waals surface area contributed by atoms with E-state index in [9.17, 15) is 0 Å². The molecule has 0 aliphatic rings. The van der Waals surface area contributed by atoms with Gasteiger partial charge in [0.1, 0.15) is 0 Å². The van der Waals surface area contributed by atoms with Crippen LogP contribution in [0.5, 0.6) is 0 Å². The van der Waals surface area contributed by atoms with Crippen LogP contribution in [0.25, 0.3) is 0 Å². The predicted octanol–water partition coefficient (Wildman–Crippen LogP) is 3.27. The molecule has 0 aromatic carbocycles. The number of allylic oxidation sites excluding steroid dienone is 1. The lowest BCUT2D eigenvalue weighted by Crippen LogP contribution is -2.18.